The molecule has 0 saturated heterocycles. The minimum atomic E-state index is -0.105. The molecule has 0 aliphatic carbocycles. The van der Waals surface area contributed by atoms with Crippen LogP contribution in [-0.4, -0.2) is 32.2 Å². The molecule has 4 heteroatoms. The summed E-state index contributed by atoms with van der Waals surface area (Å²) in [5.74, 6) is 5.64. The van der Waals surface area contributed by atoms with Gasteiger partial charge in [-0.25, -0.2) is 0 Å². The number of ether oxygens (including phenoxy) is 1. The molecule has 4 nitrogen and oxygen atoms in total. The number of hydrogen-bond donors (Lipinski definition) is 2. The van der Waals surface area contributed by atoms with Crippen molar-refractivity contribution in [3.8, 4) is 11.8 Å². The van der Waals surface area contributed by atoms with E-state index in [4.69, 9.17) is 10.5 Å². The maximum absolute atomic E-state index is 12.2. The minimum absolute atomic E-state index is 0.105. The monoisotopic (exact) mass is 288 g/mol. The molecule has 0 bridgehead atoms. The summed E-state index contributed by atoms with van der Waals surface area (Å²) >= 11 is 0. The first-order valence-electron chi connectivity index (χ1n) is 7.34. The van der Waals surface area contributed by atoms with Crippen LogP contribution in [0.25, 0.3) is 0 Å². The number of nitrogens with one attached hydrogen (secondary N) is 1. The van der Waals surface area contributed by atoms with Crippen molar-refractivity contribution in [3.63, 3.8) is 0 Å². The maximum atomic E-state index is 12.2. The van der Waals surface area contributed by atoms with E-state index < -0.39 is 0 Å². The Morgan fingerprint density at radius 2 is 2.19 bits per heavy atom. The fourth-order valence-electron chi connectivity index (χ4n) is 1.82. The normalized spacial score (nSPS) is 9.86. The second-order valence-electron chi connectivity index (χ2n) is 4.78. The highest BCUT2D eigenvalue weighted by Gasteiger charge is 2.09. The van der Waals surface area contributed by atoms with Gasteiger partial charge in [0.05, 0.1) is 12.1 Å². The maximum Gasteiger partial charge on any atom is 0.252 e. The second kappa shape index (κ2) is 9.98. The molecule has 1 amide bonds. The number of amides is 1. The van der Waals surface area contributed by atoms with Gasteiger partial charge < -0.3 is 15.8 Å². The SMILES string of the molecule is CCCOCCCNC(=O)c1ccc(C)cc1C#CCN. The van der Waals surface area contributed by atoms with Gasteiger partial charge in [0.2, 0.25) is 0 Å². The van der Waals surface area contributed by atoms with Gasteiger partial charge in [0.15, 0.2) is 0 Å². The summed E-state index contributed by atoms with van der Waals surface area (Å²) in [5, 5.41) is 2.89. The third-order valence-electron chi connectivity index (χ3n) is 2.84. The summed E-state index contributed by atoms with van der Waals surface area (Å²) in [6.45, 7) is 6.36. The first-order valence-corrected chi connectivity index (χ1v) is 7.34. The zero-order valence-electron chi connectivity index (χ0n) is 12.9. The minimum Gasteiger partial charge on any atom is -0.381 e. The lowest BCUT2D eigenvalue weighted by atomic mass is 10.0. The number of carbonyl (C=O) groups excluding carboxylic acids is 1. The van der Waals surface area contributed by atoms with E-state index in [0.717, 1.165) is 30.6 Å². The Labute approximate surface area is 127 Å². The van der Waals surface area contributed by atoms with Crippen LogP contribution < -0.4 is 11.1 Å². The molecule has 21 heavy (non-hydrogen) atoms. The van der Waals surface area contributed by atoms with Gasteiger partial charge in [-0.3, -0.25) is 4.79 Å². The van der Waals surface area contributed by atoms with Gasteiger partial charge in [0, 0.05) is 25.3 Å². The zero-order chi connectivity index (χ0) is 15.5. The summed E-state index contributed by atoms with van der Waals surface area (Å²) in [5.41, 5.74) is 7.78. The van der Waals surface area contributed by atoms with Gasteiger partial charge in [-0.15, -0.1) is 0 Å². The van der Waals surface area contributed by atoms with Crippen molar-refractivity contribution in [1.29, 1.82) is 0 Å². The highest BCUT2D eigenvalue weighted by atomic mass is 16.5. The van der Waals surface area contributed by atoms with E-state index in [0.29, 0.717) is 18.7 Å². The summed E-state index contributed by atoms with van der Waals surface area (Å²) < 4.78 is 5.38. The topological polar surface area (TPSA) is 64.3 Å². The molecule has 0 unspecified atom stereocenters. The zero-order valence-corrected chi connectivity index (χ0v) is 12.9. The Kier molecular flexibility index (Phi) is 8.18. The number of aryl methyl sites for hydroxylation is 1. The summed E-state index contributed by atoms with van der Waals surface area (Å²) in [6.07, 6.45) is 1.82. The molecule has 0 aliphatic heterocycles. The third kappa shape index (κ3) is 6.44. The Bertz CT molecular complexity index is 515. The summed E-state index contributed by atoms with van der Waals surface area (Å²) in [4.78, 5) is 12.2. The van der Waals surface area contributed by atoms with Crippen LogP contribution in [0, 0.1) is 18.8 Å². The highest BCUT2D eigenvalue weighted by molar-refractivity contribution is 5.96. The van der Waals surface area contributed by atoms with Gasteiger partial charge in [0.1, 0.15) is 0 Å². The van der Waals surface area contributed by atoms with Crippen LogP contribution in [0.5, 0.6) is 0 Å². The van der Waals surface area contributed by atoms with Crippen LogP contribution in [0.15, 0.2) is 18.2 Å². The molecule has 0 fully saturated rings. The Hall–Kier alpha value is -1.83. The van der Waals surface area contributed by atoms with Crippen LogP contribution in [0.4, 0.5) is 0 Å². The van der Waals surface area contributed by atoms with Gasteiger partial charge in [-0.1, -0.05) is 24.8 Å². The van der Waals surface area contributed by atoms with Crippen molar-refractivity contribution in [2.45, 2.75) is 26.7 Å². The van der Waals surface area contributed by atoms with Gasteiger partial charge in [-0.05, 0) is 37.5 Å². The van der Waals surface area contributed by atoms with Crippen LogP contribution in [-0.2, 0) is 4.74 Å². The van der Waals surface area contributed by atoms with Crippen LogP contribution >= 0.6 is 0 Å². The van der Waals surface area contributed by atoms with E-state index in [1.165, 1.54) is 0 Å². The lowest BCUT2D eigenvalue weighted by molar-refractivity contribution is 0.0941. The van der Waals surface area contributed by atoms with E-state index >= 15 is 0 Å². The molecule has 0 atom stereocenters. The molecule has 1 rings (SSSR count). The average molecular weight is 288 g/mol. The smallest absolute Gasteiger partial charge is 0.252 e. The highest BCUT2D eigenvalue weighted by Crippen LogP contribution is 2.10. The van der Waals surface area contributed by atoms with E-state index in [9.17, 15) is 4.79 Å². The first kappa shape index (κ1) is 17.2. The van der Waals surface area contributed by atoms with Crippen LogP contribution in [0.2, 0.25) is 0 Å². The Morgan fingerprint density at radius 1 is 1.38 bits per heavy atom. The standard InChI is InChI=1S/C17H24N2O2/c1-3-11-21-12-5-10-19-17(20)16-8-7-14(2)13-15(16)6-4-9-18/h7-8,13H,3,5,9-12,18H2,1-2H3,(H,19,20). The van der Waals surface area contributed by atoms with Gasteiger partial charge in [-0.2, -0.15) is 0 Å². The van der Waals surface area contributed by atoms with Crippen molar-refractivity contribution in [2.24, 2.45) is 5.73 Å². The van der Waals surface area contributed by atoms with Gasteiger partial charge in [0.25, 0.3) is 5.91 Å². The Morgan fingerprint density at radius 3 is 2.90 bits per heavy atom. The molecule has 0 radical (unpaired) electrons. The second-order valence-corrected chi connectivity index (χ2v) is 4.78. The van der Waals surface area contributed by atoms with Crippen molar-refractivity contribution in [2.75, 3.05) is 26.3 Å². The number of carbonyl (C=O) groups is 1. The first-order chi connectivity index (χ1) is 10.2. The van der Waals surface area contributed by atoms with E-state index in [2.05, 4.69) is 24.1 Å². The molecular weight excluding hydrogens is 264 g/mol. The molecule has 0 spiro atoms. The van der Waals surface area contributed by atoms with E-state index in [-0.39, 0.29) is 12.5 Å². The molecule has 0 aliphatic rings. The van der Waals surface area contributed by atoms with Crippen molar-refractivity contribution in [1.82, 2.24) is 5.32 Å². The summed E-state index contributed by atoms with van der Waals surface area (Å²) in [6, 6.07) is 5.62. The number of rotatable bonds is 7. The van der Waals surface area contributed by atoms with E-state index in [1.807, 2.05) is 19.1 Å². The van der Waals surface area contributed by atoms with Crippen molar-refractivity contribution >= 4 is 5.91 Å². The quantitative estimate of drug-likeness (QED) is 0.594. The van der Waals surface area contributed by atoms with Crippen molar-refractivity contribution < 1.29 is 9.53 Å². The fraction of sp³-hybridized carbons (Fsp3) is 0.471. The molecule has 114 valence electrons. The molecule has 0 saturated carbocycles. The predicted octanol–water partition coefficient (Wildman–Crippen LogP) is 1.85. The molecular formula is C17H24N2O2. The lowest BCUT2D eigenvalue weighted by Gasteiger charge is -2.08. The third-order valence-corrected chi connectivity index (χ3v) is 2.84. The Balaban J connectivity index is 2.57. The predicted molar refractivity (Wildman–Crippen MR) is 85.2 cm³/mol. The average Bonchev–Trinajstić information content (AvgIpc) is 2.48. The lowest BCUT2D eigenvalue weighted by Crippen LogP contribution is -2.26. The van der Waals surface area contributed by atoms with Crippen molar-refractivity contribution in [3.05, 3.63) is 34.9 Å². The molecule has 1 aromatic carbocycles. The largest absolute Gasteiger partial charge is 0.381 e. The van der Waals surface area contributed by atoms with Crippen LogP contribution in [0.3, 0.4) is 0 Å². The number of hydrogen-bond acceptors (Lipinski definition) is 3. The van der Waals surface area contributed by atoms with E-state index in [1.54, 1.807) is 6.07 Å². The molecule has 3 N–H and O–H groups in total. The number of nitrogens with two attached hydrogens (primary N) is 1. The molecule has 1 aromatic rings. The molecule has 0 heterocycles. The number of benzene rings is 1. The van der Waals surface area contributed by atoms with Gasteiger partial charge >= 0.3 is 0 Å². The fourth-order valence-corrected chi connectivity index (χ4v) is 1.82. The molecule has 0 aromatic heterocycles. The summed E-state index contributed by atoms with van der Waals surface area (Å²) in [7, 11) is 0. The van der Waals surface area contributed by atoms with Crippen LogP contribution in [0.1, 0.15) is 41.3 Å².